The van der Waals surface area contributed by atoms with Gasteiger partial charge in [-0.1, -0.05) is 66.6 Å². The fraction of sp³-hybridized carbons (Fsp3) is 0.222. The van der Waals surface area contributed by atoms with Gasteiger partial charge in [-0.25, -0.2) is 4.79 Å². The lowest BCUT2D eigenvalue weighted by Crippen LogP contribution is -2.47. The van der Waals surface area contributed by atoms with Gasteiger partial charge in [0.05, 0.1) is 16.2 Å². The van der Waals surface area contributed by atoms with Crippen molar-refractivity contribution in [2.75, 3.05) is 5.01 Å². The molecule has 1 spiro atoms. The Bertz CT molecular complexity index is 798. The van der Waals surface area contributed by atoms with Gasteiger partial charge in [-0.3, -0.25) is 5.01 Å². The first-order chi connectivity index (χ1) is 11.5. The third kappa shape index (κ3) is 2.76. The minimum absolute atomic E-state index is 0.114. The Morgan fingerprint density at radius 1 is 1.29 bits per heavy atom. The largest absolute Gasteiger partial charge is 0.477 e. The van der Waals surface area contributed by atoms with Crippen molar-refractivity contribution in [3.63, 3.8) is 0 Å². The zero-order valence-electron chi connectivity index (χ0n) is 13.0. The van der Waals surface area contributed by atoms with Crippen LogP contribution in [0.4, 0.5) is 5.69 Å². The highest BCUT2D eigenvalue weighted by molar-refractivity contribution is 6.38. The molecule has 0 amide bonds. The highest BCUT2D eigenvalue weighted by Crippen LogP contribution is 2.44. The van der Waals surface area contributed by atoms with Crippen molar-refractivity contribution in [2.45, 2.75) is 18.9 Å². The van der Waals surface area contributed by atoms with Crippen LogP contribution >= 0.6 is 23.2 Å². The van der Waals surface area contributed by atoms with Crippen LogP contribution in [-0.2, 0) is 4.79 Å². The van der Waals surface area contributed by atoms with E-state index < -0.39 is 11.5 Å². The van der Waals surface area contributed by atoms with Crippen molar-refractivity contribution in [1.82, 2.24) is 0 Å². The Balaban J connectivity index is 2.18. The smallest absolute Gasteiger partial charge is 0.352 e. The molecule has 2 aliphatic rings. The molecule has 1 aliphatic carbocycles. The predicted molar refractivity (Wildman–Crippen MR) is 97.9 cm³/mol. The van der Waals surface area contributed by atoms with Crippen molar-refractivity contribution in [1.29, 1.82) is 0 Å². The molecule has 1 aromatic rings. The van der Waals surface area contributed by atoms with Crippen molar-refractivity contribution in [3.8, 4) is 0 Å². The zero-order chi connectivity index (χ0) is 17.3. The molecule has 1 N–H and O–H groups in total. The van der Waals surface area contributed by atoms with Gasteiger partial charge in [0.25, 0.3) is 0 Å². The van der Waals surface area contributed by atoms with Crippen LogP contribution in [0.15, 0.2) is 59.8 Å². The summed E-state index contributed by atoms with van der Waals surface area (Å²) in [7, 11) is 0. The third-order valence-electron chi connectivity index (χ3n) is 4.42. The predicted octanol–water partition coefficient (Wildman–Crippen LogP) is 4.70. The maximum absolute atomic E-state index is 11.6. The summed E-state index contributed by atoms with van der Waals surface area (Å²) in [5.74, 6) is -1.33. The standard InChI is InChI=1S/C18H16Cl2N2O2/c1-12-16(17(23)24)21-22(15-8-7-13(19)11-14(15)20)18(12)9-5-3-2-4-6-10-18/h2-9,11-12H,10H2,1H3,(H,23,24)/b3-2-,6-4-,9-5+/t12-,18?/m1/s1. The summed E-state index contributed by atoms with van der Waals surface area (Å²) in [6.45, 7) is 1.88. The number of halogens is 2. The first-order valence-electron chi connectivity index (χ1n) is 7.54. The lowest BCUT2D eigenvalue weighted by Gasteiger charge is -2.38. The van der Waals surface area contributed by atoms with E-state index in [9.17, 15) is 9.90 Å². The number of carboxylic acids is 1. The van der Waals surface area contributed by atoms with Crippen molar-refractivity contribution in [3.05, 3.63) is 64.7 Å². The Kier molecular flexibility index (Phi) is 4.52. The highest BCUT2D eigenvalue weighted by atomic mass is 35.5. The molecule has 0 aromatic heterocycles. The lowest BCUT2D eigenvalue weighted by atomic mass is 9.79. The first-order valence-corrected chi connectivity index (χ1v) is 8.29. The van der Waals surface area contributed by atoms with Gasteiger partial charge in [0.15, 0.2) is 5.71 Å². The van der Waals surface area contributed by atoms with Gasteiger partial charge in [-0.15, -0.1) is 0 Å². The monoisotopic (exact) mass is 362 g/mol. The minimum atomic E-state index is -1.02. The fourth-order valence-corrected chi connectivity index (χ4v) is 3.59. The maximum Gasteiger partial charge on any atom is 0.352 e. The molecule has 4 nitrogen and oxygen atoms in total. The maximum atomic E-state index is 11.6. The number of hydrogen-bond donors (Lipinski definition) is 1. The van der Waals surface area contributed by atoms with Crippen LogP contribution in [-0.4, -0.2) is 22.3 Å². The molecule has 24 heavy (non-hydrogen) atoms. The number of anilines is 1. The van der Waals surface area contributed by atoms with E-state index in [1.807, 2.05) is 43.4 Å². The molecule has 0 fully saturated rings. The second kappa shape index (κ2) is 6.46. The van der Waals surface area contributed by atoms with E-state index in [0.29, 0.717) is 22.2 Å². The number of carboxylic acid groups (broad SMARTS) is 1. The van der Waals surface area contributed by atoms with Crippen LogP contribution in [0.5, 0.6) is 0 Å². The van der Waals surface area contributed by atoms with Gasteiger partial charge in [0.2, 0.25) is 0 Å². The van der Waals surface area contributed by atoms with E-state index in [2.05, 4.69) is 5.10 Å². The summed E-state index contributed by atoms with van der Waals surface area (Å²) in [5, 5.41) is 16.6. The van der Waals surface area contributed by atoms with Gasteiger partial charge in [-0.05, 0) is 24.6 Å². The average molecular weight is 363 g/mol. The SMILES string of the molecule is C[C@@H]1C(C(=O)O)=NN(c2ccc(Cl)cc2Cl)C12/C=C/C=C\C=C/C2. The fourth-order valence-electron chi connectivity index (χ4n) is 3.10. The number of aliphatic carboxylic acids is 1. The molecule has 1 unspecified atom stereocenters. The number of hydrazone groups is 1. The Morgan fingerprint density at radius 3 is 2.75 bits per heavy atom. The second-order valence-corrected chi connectivity index (χ2v) is 6.63. The van der Waals surface area contributed by atoms with Crippen LogP contribution in [0.3, 0.4) is 0 Å². The Morgan fingerprint density at radius 2 is 2.04 bits per heavy atom. The van der Waals surface area contributed by atoms with Gasteiger partial charge >= 0.3 is 5.97 Å². The summed E-state index contributed by atoms with van der Waals surface area (Å²) in [4.78, 5) is 11.6. The van der Waals surface area contributed by atoms with Crippen LogP contribution in [0.2, 0.25) is 10.0 Å². The number of benzene rings is 1. The van der Waals surface area contributed by atoms with E-state index in [1.54, 1.807) is 23.2 Å². The highest BCUT2D eigenvalue weighted by Gasteiger charge is 2.49. The Hall–Kier alpha value is -2.04. The van der Waals surface area contributed by atoms with E-state index in [1.165, 1.54) is 0 Å². The van der Waals surface area contributed by atoms with Crippen LogP contribution in [0.1, 0.15) is 13.3 Å². The van der Waals surface area contributed by atoms with E-state index in [-0.39, 0.29) is 11.6 Å². The molecule has 0 radical (unpaired) electrons. The molecule has 0 bridgehead atoms. The third-order valence-corrected chi connectivity index (χ3v) is 4.96. The number of hydrogen-bond acceptors (Lipinski definition) is 3. The molecule has 1 aromatic carbocycles. The topological polar surface area (TPSA) is 52.9 Å². The summed E-state index contributed by atoms with van der Waals surface area (Å²) in [6, 6.07) is 5.12. The van der Waals surface area contributed by atoms with E-state index >= 15 is 0 Å². The molecule has 0 saturated heterocycles. The molecular weight excluding hydrogens is 347 g/mol. The molecule has 1 heterocycles. The van der Waals surface area contributed by atoms with Crippen LogP contribution in [0, 0.1) is 5.92 Å². The average Bonchev–Trinajstić information content (AvgIpc) is 2.77. The normalized spacial score (nSPS) is 29.7. The zero-order valence-corrected chi connectivity index (χ0v) is 14.5. The van der Waals surface area contributed by atoms with Gasteiger partial charge in [0.1, 0.15) is 0 Å². The summed E-state index contributed by atoms with van der Waals surface area (Å²) < 4.78 is 0. The number of nitrogens with zero attached hydrogens (tertiary/aromatic N) is 2. The molecule has 0 saturated carbocycles. The van der Waals surface area contributed by atoms with Gasteiger partial charge < -0.3 is 5.11 Å². The Labute approximate surface area is 150 Å². The van der Waals surface area contributed by atoms with Crippen molar-refractivity contribution >= 4 is 40.6 Å². The number of allylic oxidation sites excluding steroid dienone is 4. The quantitative estimate of drug-likeness (QED) is 0.829. The number of rotatable bonds is 2. The van der Waals surface area contributed by atoms with Gasteiger partial charge in [0, 0.05) is 10.9 Å². The molecular formula is C18H16Cl2N2O2. The van der Waals surface area contributed by atoms with Crippen molar-refractivity contribution in [2.24, 2.45) is 11.0 Å². The van der Waals surface area contributed by atoms with Crippen LogP contribution in [0.25, 0.3) is 0 Å². The number of carbonyl (C=O) groups is 1. The summed E-state index contributed by atoms with van der Waals surface area (Å²) in [5.41, 5.74) is 0.113. The summed E-state index contributed by atoms with van der Waals surface area (Å²) >= 11 is 12.4. The molecule has 3 rings (SSSR count). The molecule has 124 valence electrons. The molecule has 2 atom stereocenters. The second-order valence-electron chi connectivity index (χ2n) is 5.79. The van der Waals surface area contributed by atoms with Gasteiger partial charge in [-0.2, -0.15) is 5.10 Å². The van der Waals surface area contributed by atoms with E-state index in [0.717, 1.165) is 0 Å². The molecule has 1 aliphatic heterocycles. The first kappa shape index (κ1) is 16.8. The lowest BCUT2D eigenvalue weighted by molar-refractivity contribution is -0.129. The van der Waals surface area contributed by atoms with E-state index in [4.69, 9.17) is 23.2 Å². The molecule has 6 heteroatoms. The summed E-state index contributed by atoms with van der Waals surface area (Å²) in [6.07, 6.45) is 12.3. The van der Waals surface area contributed by atoms with Crippen molar-refractivity contribution < 1.29 is 9.90 Å². The minimum Gasteiger partial charge on any atom is -0.477 e. The van der Waals surface area contributed by atoms with Crippen LogP contribution < -0.4 is 5.01 Å².